The predicted molar refractivity (Wildman–Crippen MR) is 84.3 cm³/mol. The van der Waals surface area contributed by atoms with Crippen molar-refractivity contribution in [3.05, 3.63) is 0 Å². The molecule has 0 bridgehead atoms. The van der Waals surface area contributed by atoms with Crippen LogP contribution in [0.25, 0.3) is 0 Å². The van der Waals surface area contributed by atoms with E-state index in [4.69, 9.17) is 0 Å². The van der Waals surface area contributed by atoms with Crippen molar-refractivity contribution >= 4 is 11.8 Å². The summed E-state index contributed by atoms with van der Waals surface area (Å²) in [6.07, 6.45) is 5.30. The number of thioether (sulfide) groups is 1. The van der Waals surface area contributed by atoms with Gasteiger partial charge in [-0.25, -0.2) is 4.68 Å². The first-order chi connectivity index (χ1) is 10.1. The Labute approximate surface area is 131 Å². The van der Waals surface area contributed by atoms with Crippen molar-refractivity contribution in [3.8, 4) is 0 Å². The third kappa shape index (κ3) is 5.56. The highest BCUT2D eigenvalue weighted by Gasteiger charge is 2.29. The summed E-state index contributed by atoms with van der Waals surface area (Å²) in [6.45, 7) is 7.01. The topological polar surface area (TPSA) is 75.9 Å². The fourth-order valence-corrected chi connectivity index (χ4v) is 3.63. The number of aromatic nitrogens is 4. The van der Waals surface area contributed by atoms with Crippen molar-refractivity contribution in [3.63, 3.8) is 0 Å². The Morgan fingerprint density at radius 3 is 2.81 bits per heavy atom. The van der Waals surface area contributed by atoms with Gasteiger partial charge in [0.15, 0.2) is 0 Å². The van der Waals surface area contributed by atoms with E-state index in [2.05, 4.69) is 34.7 Å². The molecule has 1 aliphatic rings. The fourth-order valence-electron chi connectivity index (χ4n) is 2.57. The van der Waals surface area contributed by atoms with Gasteiger partial charge in [-0.05, 0) is 35.7 Å². The molecule has 6 nitrogen and oxygen atoms in total. The Bertz CT molecular complexity index is 417. The van der Waals surface area contributed by atoms with Crippen LogP contribution >= 0.6 is 11.8 Å². The quantitative estimate of drug-likeness (QED) is 0.562. The van der Waals surface area contributed by atoms with Crippen LogP contribution in [-0.2, 0) is 6.54 Å². The molecule has 0 spiro atoms. The molecule has 7 heteroatoms. The number of nitrogens with one attached hydrogen (secondary N) is 1. The van der Waals surface area contributed by atoms with E-state index in [0.717, 1.165) is 50.5 Å². The van der Waals surface area contributed by atoms with Gasteiger partial charge >= 0.3 is 0 Å². The van der Waals surface area contributed by atoms with E-state index < -0.39 is 5.60 Å². The zero-order valence-corrected chi connectivity index (χ0v) is 13.9. The minimum atomic E-state index is -0.532. The summed E-state index contributed by atoms with van der Waals surface area (Å²) in [5.41, 5.74) is -0.532. The average molecular weight is 313 g/mol. The molecule has 1 saturated carbocycles. The van der Waals surface area contributed by atoms with Gasteiger partial charge < -0.3 is 10.4 Å². The SMILES string of the molecule is CC(C)CNCCn1nnnc1SCC1(O)CCCCC1. The highest BCUT2D eigenvalue weighted by atomic mass is 32.2. The number of nitrogens with zero attached hydrogens (tertiary/aromatic N) is 4. The first-order valence-corrected chi connectivity index (χ1v) is 8.90. The molecule has 0 radical (unpaired) electrons. The highest BCUT2D eigenvalue weighted by Crippen LogP contribution is 2.32. The number of hydrogen-bond donors (Lipinski definition) is 2. The molecular weight excluding hydrogens is 286 g/mol. The molecule has 2 rings (SSSR count). The van der Waals surface area contributed by atoms with Crippen molar-refractivity contribution in [1.82, 2.24) is 25.5 Å². The molecular formula is C14H27N5OS. The van der Waals surface area contributed by atoms with Crippen LogP contribution < -0.4 is 5.32 Å². The lowest BCUT2D eigenvalue weighted by Crippen LogP contribution is -2.34. The molecule has 1 aliphatic carbocycles. The van der Waals surface area contributed by atoms with E-state index in [9.17, 15) is 5.11 Å². The molecule has 2 N–H and O–H groups in total. The van der Waals surface area contributed by atoms with Crippen LogP contribution in [0.2, 0.25) is 0 Å². The lowest BCUT2D eigenvalue weighted by molar-refractivity contribution is 0.0272. The summed E-state index contributed by atoms with van der Waals surface area (Å²) >= 11 is 1.57. The van der Waals surface area contributed by atoms with Crippen LogP contribution in [0.1, 0.15) is 46.0 Å². The largest absolute Gasteiger partial charge is 0.389 e. The number of tetrazole rings is 1. The van der Waals surface area contributed by atoms with E-state index in [-0.39, 0.29) is 0 Å². The standard InChI is InChI=1S/C14H27N5OS/c1-12(2)10-15-8-9-19-13(16-17-18-19)21-11-14(20)6-4-3-5-7-14/h12,15,20H,3-11H2,1-2H3. The third-order valence-corrected chi connectivity index (χ3v) is 5.04. The molecule has 1 aromatic rings. The zero-order chi connectivity index (χ0) is 15.1. The van der Waals surface area contributed by atoms with Gasteiger partial charge in [-0.2, -0.15) is 0 Å². The number of hydrogen-bond acceptors (Lipinski definition) is 6. The summed E-state index contributed by atoms with van der Waals surface area (Å²) < 4.78 is 1.82. The normalized spacial score (nSPS) is 18.3. The van der Waals surface area contributed by atoms with E-state index in [1.54, 1.807) is 11.8 Å². The summed E-state index contributed by atoms with van der Waals surface area (Å²) in [7, 11) is 0. The van der Waals surface area contributed by atoms with Crippen LogP contribution in [0, 0.1) is 5.92 Å². The van der Waals surface area contributed by atoms with Crippen LogP contribution in [0.5, 0.6) is 0 Å². The van der Waals surface area contributed by atoms with Crippen LogP contribution in [0.3, 0.4) is 0 Å². The van der Waals surface area contributed by atoms with Crippen molar-refractivity contribution in [1.29, 1.82) is 0 Å². The van der Waals surface area contributed by atoms with Crippen molar-refractivity contribution < 1.29 is 5.11 Å². The molecule has 0 atom stereocenters. The van der Waals surface area contributed by atoms with E-state index >= 15 is 0 Å². The first-order valence-electron chi connectivity index (χ1n) is 7.91. The van der Waals surface area contributed by atoms with Crippen LogP contribution in [0.15, 0.2) is 5.16 Å². The number of rotatable bonds is 8. The maximum Gasteiger partial charge on any atom is 0.209 e. The summed E-state index contributed by atoms with van der Waals surface area (Å²) in [6, 6.07) is 0. The van der Waals surface area contributed by atoms with Crippen molar-refractivity contribution in [2.75, 3.05) is 18.8 Å². The van der Waals surface area contributed by atoms with Crippen LogP contribution in [-0.4, -0.2) is 49.8 Å². The van der Waals surface area contributed by atoms with Gasteiger partial charge in [0.2, 0.25) is 5.16 Å². The second-order valence-electron chi connectivity index (χ2n) is 6.36. The molecule has 120 valence electrons. The monoisotopic (exact) mass is 313 g/mol. The summed E-state index contributed by atoms with van der Waals surface area (Å²) in [5.74, 6) is 1.33. The van der Waals surface area contributed by atoms with Gasteiger partial charge in [-0.1, -0.05) is 44.9 Å². The van der Waals surface area contributed by atoms with E-state index in [0.29, 0.717) is 11.7 Å². The Hall–Kier alpha value is -0.660. The lowest BCUT2D eigenvalue weighted by atomic mass is 9.86. The van der Waals surface area contributed by atoms with Gasteiger partial charge in [0.05, 0.1) is 12.1 Å². The Kier molecular flexibility index (Phi) is 6.44. The molecule has 0 aromatic carbocycles. The molecule has 1 fully saturated rings. The summed E-state index contributed by atoms with van der Waals surface area (Å²) in [4.78, 5) is 0. The zero-order valence-electron chi connectivity index (χ0n) is 13.1. The molecule has 1 heterocycles. The second-order valence-corrected chi connectivity index (χ2v) is 7.30. The lowest BCUT2D eigenvalue weighted by Gasteiger charge is -2.31. The maximum absolute atomic E-state index is 10.5. The smallest absolute Gasteiger partial charge is 0.209 e. The molecule has 0 unspecified atom stereocenters. The Balaban J connectivity index is 1.77. The fraction of sp³-hybridized carbons (Fsp3) is 0.929. The Morgan fingerprint density at radius 1 is 1.33 bits per heavy atom. The number of aliphatic hydroxyl groups is 1. The minimum absolute atomic E-state index is 0.532. The molecule has 0 amide bonds. The Morgan fingerprint density at radius 2 is 2.10 bits per heavy atom. The second kappa shape index (κ2) is 8.10. The average Bonchev–Trinajstić information content (AvgIpc) is 2.90. The van der Waals surface area contributed by atoms with Crippen LogP contribution in [0.4, 0.5) is 0 Å². The predicted octanol–water partition coefficient (Wildman–Crippen LogP) is 1.71. The molecule has 0 aliphatic heterocycles. The van der Waals surface area contributed by atoms with Gasteiger partial charge in [-0.3, -0.25) is 0 Å². The van der Waals surface area contributed by atoms with Gasteiger partial charge in [0, 0.05) is 12.3 Å². The van der Waals surface area contributed by atoms with Gasteiger partial charge in [-0.15, -0.1) is 5.10 Å². The molecule has 0 saturated heterocycles. The van der Waals surface area contributed by atoms with Gasteiger partial charge in [0.25, 0.3) is 0 Å². The van der Waals surface area contributed by atoms with Gasteiger partial charge in [0.1, 0.15) is 0 Å². The van der Waals surface area contributed by atoms with Crippen molar-refractivity contribution in [2.24, 2.45) is 5.92 Å². The first kappa shape index (κ1) is 16.7. The molecule has 21 heavy (non-hydrogen) atoms. The summed E-state index contributed by atoms with van der Waals surface area (Å²) in [5, 5.41) is 26.6. The van der Waals surface area contributed by atoms with E-state index in [1.165, 1.54) is 6.42 Å². The van der Waals surface area contributed by atoms with Crippen molar-refractivity contribution in [2.45, 2.75) is 63.3 Å². The third-order valence-electron chi connectivity index (χ3n) is 3.81. The maximum atomic E-state index is 10.5. The highest BCUT2D eigenvalue weighted by molar-refractivity contribution is 7.99. The minimum Gasteiger partial charge on any atom is -0.389 e. The molecule has 1 aromatic heterocycles. The van der Waals surface area contributed by atoms with E-state index in [1.807, 2.05) is 4.68 Å².